The Balaban J connectivity index is 3.79. The van der Waals surface area contributed by atoms with Crippen molar-refractivity contribution in [3.05, 3.63) is 4.60 Å². The number of hydrogen-bond acceptors (Lipinski definition) is 5. The number of nitrogens with zero attached hydrogens (tertiary/aromatic N) is 3. The summed E-state index contributed by atoms with van der Waals surface area (Å²) in [6.07, 6.45) is 0. The molecular formula is C6H11BrN4O4S2. The lowest BCUT2D eigenvalue weighted by Gasteiger charge is -2.11. The summed E-state index contributed by atoms with van der Waals surface area (Å²) in [5.74, 6) is 0. The molecule has 0 saturated heterocycles. The van der Waals surface area contributed by atoms with Gasteiger partial charge in [0.1, 0.15) is 4.60 Å². The Morgan fingerprint density at radius 2 is 1.76 bits per heavy atom. The van der Waals surface area contributed by atoms with Gasteiger partial charge in [0.05, 0.1) is 0 Å². The van der Waals surface area contributed by atoms with Crippen LogP contribution in [-0.2, 0) is 27.1 Å². The third-order valence-electron chi connectivity index (χ3n) is 1.92. The van der Waals surface area contributed by atoms with Crippen LogP contribution in [0.25, 0.3) is 0 Å². The van der Waals surface area contributed by atoms with Crippen molar-refractivity contribution >= 4 is 36.0 Å². The predicted molar refractivity (Wildman–Crippen MR) is 63.2 cm³/mol. The van der Waals surface area contributed by atoms with Crippen LogP contribution >= 0.6 is 15.9 Å². The minimum Gasteiger partial charge on any atom is -0.254 e. The second-order valence-electron chi connectivity index (χ2n) is 3.38. The van der Waals surface area contributed by atoms with Gasteiger partial charge in [0.15, 0.2) is 9.92 Å². The molecule has 1 heterocycles. The molecular weight excluding hydrogens is 336 g/mol. The number of nitrogens with two attached hydrogens (primary N) is 1. The van der Waals surface area contributed by atoms with Gasteiger partial charge in [-0.2, -0.15) is 5.10 Å². The van der Waals surface area contributed by atoms with Crippen molar-refractivity contribution in [3.8, 4) is 0 Å². The third kappa shape index (κ3) is 2.52. The quantitative estimate of drug-likeness (QED) is 0.759. The summed E-state index contributed by atoms with van der Waals surface area (Å²) in [6, 6.07) is 0. The molecule has 0 aromatic carbocycles. The summed E-state index contributed by atoms with van der Waals surface area (Å²) < 4.78 is 48.3. The average molecular weight is 347 g/mol. The Bertz CT molecular complexity index is 646. The molecule has 0 aliphatic heterocycles. The van der Waals surface area contributed by atoms with Gasteiger partial charge in [-0.3, -0.25) is 4.68 Å². The van der Waals surface area contributed by atoms with E-state index in [-0.39, 0.29) is 4.60 Å². The molecule has 0 aliphatic carbocycles. The number of aryl methyl sites for hydroxylation is 1. The molecule has 0 atom stereocenters. The van der Waals surface area contributed by atoms with Crippen molar-refractivity contribution in [3.63, 3.8) is 0 Å². The first kappa shape index (κ1) is 14.6. The fraction of sp³-hybridized carbons (Fsp3) is 0.500. The van der Waals surface area contributed by atoms with E-state index >= 15 is 0 Å². The average Bonchev–Trinajstić information content (AvgIpc) is 2.39. The molecule has 1 rings (SSSR count). The van der Waals surface area contributed by atoms with Gasteiger partial charge in [-0.15, -0.1) is 0 Å². The second kappa shape index (κ2) is 4.31. The maximum Gasteiger partial charge on any atom is 0.256 e. The van der Waals surface area contributed by atoms with Gasteiger partial charge in [0.25, 0.3) is 10.0 Å². The van der Waals surface area contributed by atoms with E-state index in [9.17, 15) is 16.8 Å². The van der Waals surface area contributed by atoms with Gasteiger partial charge in [0, 0.05) is 21.1 Å². The molecule has 8 nitrogen and oxygen atoms in total. The first-order chi connectivity index (χ1) is 7.49. The summed E-state index contributed by atoms with van der Waals surface area (Å²) in [5.41, 5.74) is 0. The molecule has 0 aliphatic rings. The van der Waals surface area contributed by atoms with Crippen LogP contribution in [0.5, 0.6) is 0 Å². The van der Waals surface area contributed by atoms with Crippen LogP contribution in [0.2, 0.25) is 0 Å². The largest absolute Gasteiger partial charge is 0.256 e. The second-order valence-corrected chi connectivity index (χ2v) is 7.70. The number of sulfonamides is 2. The van der Waals surface area contributed by atoms with Crippen LogP contribution < -0.4 is 5.14 Å². The topological polar surface area (TPSA) is 115 Å². The van der Waals surface area contributed by atoms with Crippen LogP contribution in [0.4, 0.5) is 0 Å². The van der Waals surface area contributed by atoms with Crippen LogP contribution in [0, 0.1) is 0 Å². The van der Waals surface area contributed by atoms with Crippen LogP contribution in [0.1, 0.15) is 0 Å². The Morgan fingerprint density at radius 1 is 1.29 bits per heavy atom. The van der Waals surface area contributed by atoms with E-state index in [0.717, 1.165) is 8.99 Å². The minimum atomic E-state index is -4.20. The van der Waals surface area contributed by atoms with E-state index in [1.807, 2.05) is 0 Å². The monoisotopic (exact) mass is 346 g/mol. The van der Waals surface area contributed by atoms with Gasteiger partial charge in [-0.05, 0) is 15.9 Å². The number of primary sulfonamides is 1. The molecule has 11 heteroatoms. The standard InChI is InChI=1S/C6H11BrN4O4S2/c1-10(2)17(14,15)4-5(7)9-11(3)6(4)16(8,12)13/h1-3H3,(H2,8,12,13). The van der Waals surface area contributed by atoms with E-state index in [1.54, 1.807) is 0 Å². The highest BCUT2D eigenvalue weighted by Gasteiger charge is 2.33. The van der Waals surface area contributed by atoms with Crippen molar-refractivity contribution in [2.45, 2.75) is 9.92 Å². The zero-order chi connectivity index (χ0) is 13.6. The molecule has 98 valence electrons. The maximum atomic E-state index is 12.0. The van der Waals surface area contributed by atoms with Crippen LogP contribution in [0.3, 0.4) is 0 Å². The normalized spacial score (nSPS) is 13.3. The molecule has 0 unspecified atom stereocenters. The molecule has 17 heavy (non-hydrogen) atoms. The van der Waals surface area contributed by atoms with Gasteiger partial charge < -0.3 is 0 Å². The first-order valence-corrected chi connectivity index (χ1v) is 7.95. The third-order valence-corrected chi connectivity index (χ3v) is 5.74. The predicted octanol–water partition coefficient (Wildman–Crippen LogP) is -0.920. The summed E-state index contributed by atoms with van der Waals surface area (Å²) in [5, 5.41) is 8.11. The molecule has 0 bridgehead atoms. The highest BCUT2D eigenvalue weighted by molar-refractivity contribution is 9.10. The Labute approximate surface area is 108 Å². The Morgan fingerprint density at radius 3 is 2.12 bits per heavy atom. The van der Waals surface area contributed by atoms with Crippen molar-refractivity contribution < 1.29 is 16.8 Å². The Kier molecular flexibility index (Phi) is 3.70. The molecule has 0 saturated carbocycles. The van der Waals surface area contributed by atoms with E-state index in [1.165, 1.54) is 21.1 Å². The summed E-state index contributed by atoms with van der Waals surface area (Å²) in [6.45, 7) is 0. The molecule has 1 aromatic heterocycles. The smallest absolute Gasteiger partial charge is 0.254 e. The SMILES string of the molecule is CN(C)S(=O)(=O)c1c(Br)nn(C)c1S(N)(=O)=O. The molecule has 0 spiro atoms. The molecule has 0 amide bonds. The van der Waals surface area contributed by atoms with E-state index in [0.29, 0.717) is 0 Å². The maximum absolute atomic E-state index is 12.0. The number of aromatic nitrogens is 2. The lowest BCUT2D eigenvalue weighted by atomic mass is 10.7. The highest BCUT2D eigenvalue weighted by Crippen LogP contribution is 2.29. The van der Waals surface area contributed by atoms with Crippen LogP contribution in [0.15, 0.2) is 14.5 Å². The summed E-state index contributed by atoms with van der Waals surface area (Å²) in [7, 11) is -4.30. The van der Waals surface area contributed by atoms with Crippen LogP contribution in [-0.4, -0.2) is 45.0 Å². The van der Waals surface area contributed by atoms with Crippen molar-refractivity contribution in [1.82, 2.24) is 14.1 Å². The highest BCUT2D eigenvalue weighted by atomic mass is 79.9. The molecule has 0 fully saturated rings. The minimum absolute atomic E-state index is 0.0993. The first-order valence-electron chi connectivity index (χ1n) is 4.17. The summed E-state index contributed by atoms with van der Waals surface area (Å²) >= 11 is 2.91. The van der Waals surface area contributed by atoms with E-state index in [2.05, 4.69) is 21.0 Å². The molecule has 1 aromatic rings. The number of hydrogen-bond donors (Lipinski definition) is 1. The zero-order valence-corrected chi connectivity index (χ0v) is 12.5. The van der Waals surface area contributed by atoms with Gasteiger partial charge in [-0.25, -0.2) is 26.3 Å². The van der Waals surface area contributed by atoms with Crippen molar-refractivity contribution in [2.24, 2.45) is 12.2 Å². The fourth-order valence-electron chi connectivity index (χ4n) is 1.17. The number of halogens is 1. The molecule has 0 radical (unpaired) electrons. The van der Waals surface area contributed by atoms with Gasteiger partial charge in [-0.1, -0.05) is 0 Å². The lowest BCUT2D eigenvalue weighted by molar-refractivity contribution is 0.513. The summed E-state index contributed by atoms with van der Waals surface area (Å²) in [4.78, 5) is -0.465. The van der Waals surface area contributed by atoms with Gasteiger partial charge >= 0.3 is 0 Å². The number of rotatable bonds is 3. The van der Waals surface area contributed by atoms with Crippen molar-refractivity contribution in [1.29, 1.82) is 0 Å². The van der Waals surface area contributed by atoms with Crippen molar-refractivity contribution in [2.75, 3.05) is 14.1 Å². The zero-order valence-electron chi connectivity index (χ0n) is 9.25. The molecule has 2 N–H and O–H groups in total. The lowest BCUT2D eigenvalue weighted by Crippen LogP contribution is -2.26. The fourth-order valence-corrected chi connectivity index (χ4v) is 4.74. The van der Waals surface area contributed by atoms with E-state index < -0.39 is 30.0 Å². The van der Waals surface area contributed by atoms with E-state index in [4.69, 9.17) is 5.14 Å². The Hall–Kier alpha value is -0.490. The van der Waals surface area contributed by atoms with Gasteiger partial charge in [0.2, 0.25) is 10.0 Å².